The van der Waals surface area contributed by atoms with Crippen molar-refractivity contribution in [2.45, 2.75) is 32.2 Å². The molecule has 1 aliphatic rings. The van der Waals surface area contributed by atoms with E-state index in [0.29, 0.717) is 6.42 Å². The second kappa shape index (κ2) is 6.36. The molecule has 0 bridgehead atoms. The lowest BCUT2D eigenvalue weighted by molar-refractivity contribution is -0.135. The molecular weight excluding hydrogens is 240 g/mol. The number of nitrogens with one attached hydrogen (secondary N) is 1. The zero-order valence-electron chi connectivity index (χ0n) is 11.3. The van der Waals surface area contributed by atoms with Gasteiger partial charge in [-0.1, -0.05) is 37.3 Å². The first kappa shape index (κ1) is 13.6. The van der Waals surface area contributed by atoms with Crippen molar-refractivity contribution in [1.82, 2.24) is 10.2 Å². The molecule has 1 aromatic carbocycles. The van der Waals surface area contributed by atoms with Gasteiger partial charge in [0.15, 0.2) is 0 Å². The standard InChI is InChI=1S/C15H20N2O2/c1-2-13(18)16-14(12-8-4-3-5-9-12)15(19)17-10-6-7-11-17/h3-5,8-9,14H,2,6-7,10-11H2,1H3,(H,16,18)/t14-/m0/s1. The van der Waals surface area contributed by atoms with Gasteiger partial charge in [0.2, 0.25) is 11.8 Å². The van der Waals surface area contributed by atoms with E-state index < -0.39 is 6.04 Å². The van der Waals surface area contributed by atoms with Crippen LogP contribution in [0.25, 0.3) is 0 Å². The summed E-state index contributed by atoms with van der Waals surface area (Å²) in [5.41, 5.74) is 0.848. The fourth-order valence-corrected chi connectivity index (χ4v) is 2.32. The van der Waals surface area contributed by atoms with Crippen molar-refractivity contribution in [3.63, 3.8) is 0 Å². The summed E-state index contributed by atoms with van der Waals surface area (Å²) in [6, 6.07) is 8.90. The van der Waals surface area contributed by atoms with E-state index in [-0.39, 0.29) is 11.8 Å². The number of nitrogens with zero attached hydrogens (tertiary/aromatic N) is 1. The highest BCUT2D eigenvalue weighted by Crippen LogP contribution is 2.19. The van der Waals surface area contributed by atoms with Crippen LogP contribution in [0, 0.1) is 0 Å². The van der Waals surface area contributed by atoms with Crippen molar-refractivity contribution in [2.75, 3.05) is 13.1 Å². The van der Waals surface area contributed by atoms with Gasteiger partial charge < -0.3 is 10.2 Å². The van der Waals surface area contributed by atoms with E-state index >= 15 is 0 Å². The summed E-state index contributed by atoms with van der Waals surface area (Å²) >= 11 is 0. The lowest BCUT2D eigenvalue weighted by Gasteiger charge is -2.24. The summed E-state index contributed by atoms with van der Waals surface area (Å²) in [5, 5.41) is 2.83. The van der Waals surface area contributed by atoms with Crippen LogP contribution in [0.2, 0.25) is 0 Å². The molecule has 1 N–H and O–H groups in total. The van der Waals surface area contributed by atoms with Gasteiger partial charge in [-0.2, -0.15) is 0 Å². The van der Waals surface area contributed by atoms with Gasteiger partial charge in [0.25, 0.3) is 0 Å². The van der Waals surface area contributed by atoms with Crippen LogP contribution >= 0.6 is 0 Å². The molecule has 4 nitrogen and oxygen atoms in total. The Kier molecular flexibility index (Phi) is 4.55. The molecule has 1 saturated heterocycles. The van der Waals surface area contributed by atoms with Crippen molar-refractivity contribution in [2.24, 2.45) is 0 Å². The van der Waals surface area contributed by atoms with E-state index in [1.807, 2.05) is 35.2 Å². The van der Waals surface area contributed by atoms with Gasteiger partial charge in [-0.15, -0.1) is 0 Å². The van der Waals surface area contributed by atoms with Crippen molar-refractivity contribution < 1.29 is 9.59 Å². The molecule has 0 aliphatic carbocycles. The fraction of sp³-hybridized carbons (Fsp3) is 0.467. The average molecular weight is 260 g/mol. The predicted octanol–water partition coefficient (Wildman–Crippen LogP) is 1.88. The summed E-state index contributed by atoms with van der Waals surface area (Å²) < 4.78 is 0. The molecule has 1 aliphatic heterocycles. The minimum absolute atomic E-state index is 0.00509. The molecule has 0 aromatic heterocycles. The molecule has 1 heterocycles. The Balaban J connectivity index is 2.18. The molecular formula is C15H20N2O2. The van der Waals surface area contributed by atoms with Gasteiger partial charge in [0, 0.05) is 19.5 Å². The van der Waals surface area contributed by atoms with Gasteiger partial charge in [-0.25, -0.2) is 0 Å². The number of hydrogen-bond acceptors (Lipinski definition) is 2. The quantitative estimate of drug-likeness (QED) is 0.898. The number of carbonyl (C=O) groups is 2. The second-order valence-electron chi connectivity index (χ2n) is 4.80. The summed E-state index contributed by atoms with van der Waals surface area (Å²) in [6.07, 6.45) is 2.49. The lowest BCUT2D eigenvalue weighted by atomic mass is 10.1. The van der Waals surface area contributed by atoms with E-state index in [2.05, 4.69) is 5.32 Å². The Labute approximate surface area is 113 Å². The molecule has 4 heteroatoms. The maximum atomic E-state index is 12.5. The number of hydrogen-bond donors (Lipinski definition) is 1. The summed E-state index contributed by atoms with van der Waals surface area (Å²) in [4.78, 5) is 26.0. The molecule has 1 aromatic rings. The summed E-state index contributed by atoms with van der Waals surface area (Å²) in [5.74, 6) is -0.0908. The van der Waals surface area contributed by atoms with Gasteiger partial charge in [-0.3, -0.25) is 9.59 Å². The largest absolute Gasteiger partial charge is 0.341 e. The van der Waals surface area contributed by atoms with Crippen LogP contribution in [0.15, 0.2) is 30.3 Å². The Morgan fingerprint density at radius 1 is 1.21 bits per heavy atom. The average Bonchev–Trinajstić information content (AvgIpc) is 2.99. The van der Waals surface area contributed by atoms with E-state index in [1.54, 1.807) is 6.92 Å². The molecule has 0 radical (unpaired) electrons. The molecule has 0 unspecified atom stereocenters. The van der Waals surface area contributed by atoms with Crippen LogP contribution in [0.1, 0.15) is 37.8 Å². The molecule has 0 saturated carbocycles. The van der Waals surface area contributed by atoms with Crippen molar-refractivity contribution in [3.8, 4) is 0 Å². The number of benzene rings is 1. The van der Waals surface area contributed by atoms with Crippen LogP contribution in [-0.2, 0) is 9.59 Å². The van der Waals surface area contributed by atoms with E-state index in [4.69, 9.17) is 0 Å². The Morgan fingerprint density at radius 3 is 2.42 bits per heavy atom. The van der Waals surface area contributed by atoms with Crippen LogP contribution < -0.4 is 5.32 Å². The van der Waals surface area contributed by atoms with Crippen LogP contribution in [0.4, 0.5) is 0 Å². The van der Waals surface area contributed by atoms with E-state index in [0.717, 1.165) is 31.5 Å². The Morgan fingerprint density at radius 2 is 1.84 bits per heavy atom. The molecule has 1 fully saturated rings. The first-order valence-electron chi connectivity index (χ1n) is 6.85. The van der Waals surface area contributed by atoms with E-state index in [9.17, 15) is 9.59 Å². The number of rotatable bonds is 4. The van der Waals surface area contributed by atoms with Gasteiger partial charge in [0.1, 0.15) is 6.04 Å². The highest BCUT2D eigenvalue weighted by molar-refractivity contribution is 5.88. The predicted molar refractivity (Wildman–Crippen MR) is 73.4 cm³/mol. The van der Waals surface area contributed by atoms with Crippen molar-refractivity contribution in [3.05, 3.63) is 35.9 Å². The minimum Gasteiger partial charge on any atom is -0.341 e. The molecule has 0 spiro atoms. The molecule has 2 amide bonds. The molecule has 19 heavy (non-hydrogen) atoms. The smallest absolute Gasteiger partial charge is 0.249 e. The molecule has 2 rings (SSSR count). The number of likely N-dealkylation sites (tertiary alicyclic amines) is 1. The highest BCUT2D eigenvalue weighted by Gasteiger charge is 2.28. The monoisotopic (exact) mass is 260 g/mol. The Hall–Kier alpha value is -1.84. The fourth-order valence-electron chi connectivity index (χ4n) is 2.32. The maximum absolute atomic E-state index is 12.5. The summed E-state index contributed by atoms with van der Waals surface area (Å²) in [6.45, 7) is 3.38. The van der Waals surface area contributed by atoms with Crippen LogP contribution in [0.3, 0.4) is 0 Å². The molecule has 1 atom stereocenters. The maximum Gasteiger partial charge on any atom is 0.249 e. The van der Waals surface area contributed by atoms with Crippen molar-refractivity contribution in [1.29, 1.82) is 0 Å². The summed E-state index contributed by atoms with van der Waals surface area (Å²) in [7, 11) is 0. The lowest BCUT2D eigenvalue weighted by Crippen LogP contribution is -2.41. The van der Waals surface area contributed by atoms with Gasteiger partial charge >= 0.3 is 0 Å². The zero-order valence-corrected chi connectivity index (χ0v) is 11.3. The zero-order chi connectivity index (χ0) is 13.7. The van der Waals surface area contributed by atoms with Crippen molar-refractivity contribution >= 4 is 11.8 Å². The minimum atomic E-state index is -0.549. The normalized spacial score (nSPS) is 16.2. The van der Waals surface area contributed by atoms with Crippen LogP contribution in [0.5, 0.6) is 0 Å². The Bertz CT molecular complexity index is 439. The topological polar surface area (TPSA) is 49.4 Å². The number of amides is 2. The first-order chi connectivity index (χ1) is 9.22. The second-order valence-corrected chi connectivity index (χ2v) is 4.80. The van der Waals surface area contributed by atoms with Crippen LogP contribution in [-0.4, -0.2) is 29.8 Å². The first-order valence-corrected chi connectivity index (χ1v) is 6.85. The van der Waals surface area contributed by atoms with E-state index in [1.165, 1.54) is 0 Å². The van der Waals surface area contributed by atoms with Gasteiger partial charge in [0.05, 0.1) is 0 Å². The van der Waals surface area contributed by atoms with Gasteiger partial charge in [-0.05, 0) is 18.4 Å². The SMILES string of the molecule is CCC(=O)N[C@H](C(=O)N1CCCC1)c1ccccc1. The third-order valence-electron chi connectivity index (χ3n) is 3.42. The third-order valence-corrected chi connectivity index (χ3v) is 3.42. The third kappa shape index (κ3) is 3.34. The molecule has 102 valence electrons. The highest BCUT2D eigenvalue weighted by atomic mass is 16.2. The number of carbonyl (C=O) groups excluding carboxylic acids is 2.